The summed E-state index contributed by atoms with van der Waals surface area (Å²) in [7, 11) is -3.71. The monoisotopic (exact) mass is 421 g/mol. The van der Waals surface area contributed by atoms with Crippen molar-refractivity contribution in [2.24, 2.45) is 0 Å². The summed E-state index contributed by atoms with van der Waals surface area (Å²) in [5.41, 5.74) is 1.51. The summed E-state index contributed by atoms with van der Waals surface area (Å²) in [6.45, 7) is 0. The molecule has 140 valence electrons. The van der Waals surface area contributed by atoms with E-state index >= 15 is 0 Å². The van der Waals surface area contributed by atoms with Crippen LogP contribution in [0.3, 0.4) is 0 Å². The number of aromatic nitrogens is 1. The molecular weight excluding hydrogens is 406 g/mol. The maximum atomic E-state index is 12.3. The van der Waals surface area contributed by atoms with Crippen LogP contribution >= 0.6 is 22.9 Å². The van der Waals surface area contributed by atoms with Crippen molar-refractivity contribution in [3.05, 3.63) is 70.7 Å². The lowest BCUT2D eigenvalue weighted by atomic mass is 10.1. The second kappa shape index (κ2) is 8.51. The number of halogens is 1. The van der Waals surface area contributed by atoms with Crippen LogP contribution in [-0.2, 0) is 21.2 Å². The van der Waals surface area contributed by atoms with Gasteiger partial charge in [-0.15, -0.1) is 11.3 Å². The average Bonchev–Trinajstić information content (AvgIpc) is 3.13. The number of carbonyl (C=O) groups is 1. The molecule has 1 amide bonds. The molecule has 3 rings (SSSR count). The lowest BCUT2D eigenvalue weighted by Crippen LogP contribution is -2.14. The number of amides is 1. The molecule has 1 heterocycles. The summed E-state index contributed by atoms with van der Waals surface area (Å²) in [4.78, 5) is 16.1. The first-order chi connectivity index (χ1) is 12.9. The number of anilines is 2. The third-order valence-electron chi connectivity index (χ3n) is 3.63. The Hall–Kier alpha value is -2.42. The van der Waals surface area contributed by atoms with Crippen molar-refractivity contribution in [2.45, 2.75) is 17.7 Å². The minimum Gasteiger partial charge on any atom is -0.326 e. The van der Waals surface area contributed by atoms with E-state index in [4.69, 9.17) is 11.6 Å². The van der Waals surface area contributed by atoms with E-state index in [-0.39, 0.29) is 10.8 Å². The Morgan fingerprint density at radius 3 is 2.59 bits per heavy atom. The Kier molecular flexibility index (Phi) is 6.10. The van der Waals surface area contributed by atoms with Gasteiger partial charge in [0.25, 0.3) is 10.0 Å². The highest BCUT2D eigenvalue weighted by atomic mass is 35.5. The molecule has 2 N–H and O–H groups in total. The highest BCUT2D eigenvalue weighted by Gasteiger charge is 2.15. The summed E-state index contributed by atoms with van der Waals surface area (Å²) in [5.74, 6) is -0.161. The third kappa shape index (κ3) is 5.53. The molecule has 6 nitrogen and oxygen atoms in total. The van der Waals surface area contributed by atoms with Crippen LogP contribution in [0.15, 0.2) is 65.0 Å². The van der Waals surface area contributed by atoms with Gasteiger partial charge < -0.3 is 5.32 Å². The number of rotatable bonds is 7. The van der Waals surface area contributed by atoms with E-state index in [0.717, 1.165) is 5.56 Å². The third-order valence-corrected chi connectivity index (χ3v) is 6.04. The fourth-order valence-corrected chi connectivity index (χ4v) is 4.34. The largest absolute Gasteiger partial charge is 0.326 e. The number of hydrogen-bond donors (Lipinski definition) is 2. The van der Waals surface area contributed by atoms with Gasteiger partial charge >= 0.3 is 0 Å². The molecule has 0 aliphatic heterocycles. The van der Waals surface area contributed by atoms with E-state index in [0.29, 0.717) is 28.7 Å². The number of benzene rings is 2. The van der Waals surface area contributed by atoms with E-state index in [1.54, 1.807) is 23.6 Å². The van der Waals surface area contributed by atoms with E-state index in [9.17, 15) is 13.2 Å². The van der Waals surface area contributed by atoms with Crippen LogP contribution in [0.4, 0.5) is 10.8 Å². The molecule has 0 aliphatic carbocycles. The molecule has 3 aromatic rings. The number of nitrogens with one attached hydrogen (secondary N) is 2. The first kappa shape index (κ1) is 19.3. The zero-order valence-electron chi connectivity index (χ0n) is 14.1. The van der Waals surface area contributed by atoms with E-state index < -0.39 is 10.0 Å². The Morgan fingerprint density at radius 1 is 1.15 bits per heavy atom. The molecule has 0 radical (unpaired) electrons. The predicted molar refractivity (Wildman–Crippen MR) is 108 cm³/mol. The number of sulfonamides is 1. The van der Waals surface area contributed by atoms with Crippen LogP contribution in [0, 0.1) is 0 Å². The minimum atomic E-state index is -3.71. The molecule has 1 aromatic heterocycles. The second-order valence-corrected chi connectivity index (χ2v) is 8.66. The van der Waals surface area contributed by atoms with Crippen molar-refractivity contribution in [1.29, 1.82) is 0 Å². The Bertz CT molecular complexity index is 1020. The summed E-state index contributed by atoms with van der Waals surface area (Å²) in [5, 5.41) is 5.37. The van der Waals surface area contributed by atoms with Crippen LogP contribution in [-0.4, -0.2) is 19.3 Å². The van der Waals surface area contributed by atoms with Gasteiger partial charge in [0.15, 0.2) is 5.13 Å². The second-order valence-electron chi connectivity index (χ2n) is 5.65. The minimum absolute atomic E-state index is 0.0922. The molecule has 9 heteroatoms. The summed E-state index contributed by atoms with van der Waals surface area (Å²) >= 11 is 7.12. The smallest absolute Gasteiger partial charge is 0.263 e. The zero-order chi connectivity index (χ0) is 19.3. The summed E-state index contributed by atoms with van der Waals surface area (Å²) in [6, 6.07) is 13.3. The lowest BCUT2D eigenvalue weighted by molar-refractivity contribution is -0.116. The molecule has 0 aliphatic rings. The number of aryl methyl sites for hydroxylation is 1. The topological polar surface area (TPSA) is 88.2 Å². The van der Waals surface area contributed by atoms with Gasteiger partial charge in [0.05, 0.1) is 4.90 Å². The molecule has 0 unspecified atom stereocenters. The first-order valence-corrected chi connectivity index (χ1v) is 10.7. The van der Waals surface area contributed by atoms with Crippen molar-refractivity contribution in [3.63, 3.8) is 0 Å². The fraction of sp³-hybridized carbons (Fsp3) is 0.111. The molecule has 27 heavy (non-hydrogen) atoms. The molecular formula is C18H16ClN3O3S2. The van der Waals surface area contributed by atoms with Crippen LogP contribution < -0.4 is 10.0 Å². The maximum Gasteiger partial charge on any atom is 0.263 e. The number of carbonyl (C=O) groups excluding carboxylic acids is 1. The Balaban J connectivity index is 1.57. The quantitative estimate of drug-likeness (QED) is 0.599. The number of thiazole rings is 1. The van der Waals surface area contributed by atoms with Crippen LogP contribution in [0.5, 0.6) is 0 Å². The van der Waals surface area contributed by atoms with Gasteiger partial charge in [0.2, 0.25) is 5.91 Å². The number of nitrogens with zero attached hydrogens (tertiary/aromatic N) is 1. The van der Waals surface area contributed by atoms with Crippen LogP contribution in [0.2, 0.25) is 5.02 Å². The van der Waals surface area contributed by atoms with Crippen molar-refractivity contribution >= 4 is 49.7 Å². The predicted octanol–water partition coefficient (Wildman–Crippen LogP) is 4.17. The standard InChI is InChI=1S/C18H16ClN3O3S2/c19-14-3-1-2-13(12-14)4-9-17(23)21-15-5-7-16(8-6-15)27(24,25)22-18-20-10-11-26-18/h1-3,5-8,10-12H,4,9H2,(H,20,22)(H,21,23). The molecule has 0 saturated heterocycles. The van der Waals surface area contributed by atoms with Gasteiger partial charge in [-0.1, -0.05) is 23.7 Å². The normalized spacial score (nSPS) is 11.1. The van der Waals surface area contributed by atoms with Crippen LogP contribution in [0.25, 0.3) is 0 Å². The van der Waals surface area contributed by atoms with Crippen molar-refractivity contribution in [1.82, 2.24) is 4.98 Å². The molecule has 0 spiro atoms. The molecule has 0 bridgehead atoms. The van der Waals surface area contributed by atoms with Crippen molar-refractivity contribution < 1.29 is 13.2 Å². The molecule has 0 fully saturated rings. The van der Waals surface area contributed by atoms with Crippen molar-refractivity contribution in [3.8, 4) is 0 Å². The zero-order valence-corrected chi connectivity index (χ0v) is 16.4. The van der Waals surface area contributed by atoms with Crippen LogP contribution in [0.1, 0.15) is 12.0 Å². The van der Waals surface area contributed by atoms with Gasteiger partial charge in [-0.05, 0) is 48.4 Å². The molecule has 0 saturated carbocycles. The highest BCUT2D eigenvalue weighted by molar-refractivity contribution is 7.93. The van der Waals surface area contributed by atoms with Gasteiger partial charge in [0, 0.05) is 28.7 Å². The Labute approximate surface area is 166 Å². The Morgan fingerprint density at radius 2 is 1.93 bits per heavy atom. The first-order valence-electron chi connectivity index (χ1n) is 7.99. The van der Waals surface area contributed by atoms with Gasteiger partial charge in [0.1, 0.15) is 0 Å². The number of hydrogen-bond acceptors (Lipinski definition) is 5. The van der Waals surface area contributed by atoms with Gasteiger partial charge in [-0.3, -0.25) is 9.52 Å². The van der Waals surface area contributed by atoms with Gasteiger partial charge in [-0.2, -0.15) is 0 Å². The lowest BCUT2D eigenvalue weighted by Gasteiger charge is -2.08. The summed E-state index contributed by atoms with van der Waals surface area (Å²) in [6.07, 6.45) is 2.38. The van der Waals surface area contributed by atoms with E-state index in [2.05, 4.69) is 15.0 Å². The SMILES string of the molecule is O=C(CCc1cccc(Cl)c1)Nc1ccc(S(=O)(=O)Nc2nccs2)cc1. The van der Waals surface area contributed by atoms with E-state index in [1.807, 2.05) is 18.2 Å². The summed E-state index contributed by atoms with van der Waals surface area (Å²) < 4.78 is 27.0. The van der Waals surface area contributed by atoms with Crippen molar-refractivity contribution in [2.75, 3.05) is 10.0 Å². The van der Waals surface area contributed by atoms with Gasteiger partial charge in [-0.25, -0.2) is 13.4 Å². The fourth-order valence-electron chi connectivity index (χ4n) is 2.34. The molecule has 0 atom stereocenters. The van der Waals surface area contributed by atoms with E-state index in [1.165, 1.54) is 29.7 Å². The average molecular weight is 422 g/mol. The highest BCUT2D eigenvalue weighted by Crippen LogP contribution is 2.20. The molecule has 2 aromatic carbocycles. The maximum absolute atomic E-state index is 12.3.